The number of nitrogens with one attached hydrogen (secondary N) is 2. The second kappa shape index (κ2) is 13.8. The smallest absolute Gasteiger partial charge is 0.322 e. The molecule has 0 radical (unpaired) electrons. The highest BCUT2D eigenvalue weighted by atomic mass is 16.4. The van der Waals surface area contributed by atoms with Gasteiger partial charge in [0.05, 0.1) is 19.1 Å². The Morgan fingerprint density at radius 2 is 1.37 bits per heavy atom. The molecule has 4 amide bonds. The van der Waals surface area contributed by atoms with Crippen molar-refractivity contribution in [2.45, 2.75) is 12.5 Å². The molecule has 0 aliphatic carbocycles. The molecule has 3 N–H and O–H groups in total. The van der Waals surface area contributed by atoms with Crippen LogP contribution < -0.4 is 10.6 Å². The van der Waals surface area contributed by atoms with Crippen LogP contribution >= 0.6 is 0 Å². The number of furan rings is 2. The average Bonchev–Trinajstić information content (AvgIpc) is 3.63. The summed E-state index contributed by atoms with van der Waals surface area (Å²) < 4.78 is 10.4. The highest BCUT2D eigenvalue weighted by molar-refractivity contribution is 6.10. The number of amides is 4. The topological polar surface area (TPSA) is 159 Å². The van der Waals surface area contributed by atoms with E-state index in [4.69, 9.17) is 13.9 Å². The number of benzene rings is 1. The van der Waals surface area contributed by atoms with Crippen molar-refractivity contribution < 1.29 is 37.9 Å². The van der Waals surface area contributed by atoms with E-state index >= 15 is 0 Å². The predicted octanol–water partition coefficient (Wildman–Crippen LogP) is 1.88. The number of hydrogen-bond donors (Lipinski definition) is 3. The average molecular weight is 520 g/mol. The molecule has 0 saturated carbocycles. The molecule has 0 saturated heterocycles. The SMILES string of the molecule is O=C(O)CNC(=O)CNC(=O)[C@H](Cc1ccccc1)N(C(=O)C=Cc1ccco1)C(=O)C=Cc1ccco1. The number of nitrogens with zero attached hydrogens (tertiary/aromatic N) is 1. The molecule has 0 bridgehead atoms. The van der Waals surface area contributed by atoms with Crippen LogP contribution in [-0.2, 0) is 30.4 Å². The first-order chi connectivity index (χ1) is 18.3. The molecule has 0 spiro atoms. The number of rotatable bonds is 12. The molecule has 0 unspecified atom stereocenters. The molecule has 3 aromatic rings. The fourth-order valence-corrected chi connectivity index (χ4v) is 3.32. The van der Waals surface area contributed by atoms with Crippen LogP contribution in [0.3, 0.4) is 0 Å². The van der Waals surface area contributed by atoms with E-state index in [1.807, 2.05) is 0 Å². The standard InChI is InChI=1S/C27H25N3O8/c31-23(28-18-26(34)35)17-29-27(36)22(16-19-6-2-1-3-7-19)30(24(32)12-10-20-8-4-14-37-20)25(33)13-11-21-9-5-15-38-21/h1-15,22H,16-18H2,(H,28,31)(H,29,36)(H,34,35)/t22-/m0/s1. The van der Waals surface area contributed by atoms with Crippen molar-refractivity contribution in [2.75, 3.05) is 13.1 Å². The van der Waals surface area contributed by atoms with Crippen LogP contribution in [0.2, 0.25) is 0 Å². The predicted molar refractivity (Wildman–Crippen MR) is 135 cm³/mol. The third-order valence-corrected chi connectivity index (χ3v) is 5.09. The monoisotopic (exact) mass is 519 g/mol. The van der Waals surface area contributed by atoms with Gasteiger partial charge in [0.1, 0.15) is 24.1 Å². The van der Waals surface area contributed by atoms with E-state index < -0.39 is 48.7 Å². The highest BCUT2D eigenvalue weighted by Gasteiger charge is 2.33. The quantitative estimate of drug-likeness (QED) is 0.306. The summed E-state index contributed by atoms with van der Waals surface area (Å²) in [7, 11) is 0. The fourth-order valence-electron chi connectivity index (χ4n) is 3.32. The molecule has 38 heavy (non-hydrogen) atoms. The summed E-state index contributed by atoms with van der Waals surface area (Å²) in [6.45, 7) is -1.18. The first-order valence-electron chi connectivity index (χ1n) is 11.4. The molecule has 196 valence electrons. The molecular formula is C27H25N3O8. The number of carboxylic acid groups (broad SMARTS) is 1. The van der Waals surface area contributed by atoms with Gasteiger partial charge in [-0.25, -0.2) is 0 Å². The number of carbonyl (C=O) groups excluding carboxylic acids is 4. The summed E-state index contributed by atoms with van der Waals surface area (Å²) >= 11 is 0. The van der Waals surface area contributed by atoms with Gasteiger partial charge >= 0.3 is 5.97 Å². The summed E-state index contributed by atoms with van der Waals surface area (Å²) in [6.07, 6.45) is 7.69. The minimum atomic E-state index is -1.35. The Bertz CT molecular complexity index is 1240. The van der Waals surface area contributed by atoms with Gasteiger partial charge in [-0.3, -0.25) is 28.9 Å². The summed E-state index contributed by atoms with van der Waals surface area (Å²) in [5.41, 5.74) is 0.651. The van der Waals surface area contributed by atoms with Gasteiger partial charge < -0.3 is 24.6 Å². The first kappa shape index (κ1) is 27.4. The normalized spacial score (nSPS) is 11.8. The van der Waals surface area contributed by atoms with Crippen LogP contribution in [0.25, 0.3) is 12.2 Å². The number of carbonyl (C=O) groups is 5. The van der Waals surface area contributed by atoms with E-state index in [9.17, 15) is 24.0 Å². The minimum Gasteiger partial charge on any atom is -0.480 e. The molecule has 1 aromatic carbocycles. The van der Waals surface area contributed by atoms with Gasteiger partial charge in [0, 0.05) is 18.6 Å². The molecule has 0 fully saturated rings. The summed E-state index contributed by atoms with van der Waals surface area (Å²) in [4.78, 5) is 63.3. The lowest BCUT2D eigenvalue weighted by molar-refractivity contribution is -0.147. The zero-order valence-corrected chi connectivity index (χ0v) is 20.1. The van der Waals surface area contributed by atoms with Crippen molar-refractivity contribution in [3.05, 3.63) is 96.4 Å². The van der Waals surface area contributed by atoms with Gasteiger partial charge in [0.25, 0.3) is 11.8 Å². The maximum atomic E-state index is 13.3. The van der Waals surface area contributed by atoms with Crippen LogP contribution in [0.4, 0.5) is 0 Å². The van der Waals surface area contributed by atoms with Crippen LogP contribution in [0.5, 0.6) is 0 Å². The third-order valence-electron chi connectivity index (χ3n) is 5.09. The Morgan fingerprint density at radius 1 is 0.789 bits per heavy atom. The molecule has 0 aliphatic heterocycles. The largest absolute Gasteiger partial charge is 0.480 e. The van der Waals surface area contributed by atoms with Crippen molar-refractivity contribution in [2.24, 2.45) is 0 Å². The summed E-state index contributed by atoms with van der Waals surface area (Å²) in [5, 5.41) is 13.2. The molecule has 2 aromatic heterocycles. The molecule has 11 nitrogen and oxygen atoms in total. The number of aliphatic carboxylic acids is 1. The first-order valence-corrected chi connectivity index (χ1v) is 11.4. The minimum absolute atomic E-state index is 0.0515. The Balaban J connectivity index is 1.90. The zero-order chi connectivity index (χ0) is 27.3. The van der Waals surface area contributed by atoms with E-state index in [0.29, 0.717) is 17.1 Å². The van der Waals surface area contributed by atoms with E-state index in [-0.39, 0.29) is 6.42 Å². The van der Waals surface area contributed by atoms with Crippen LogP contribution in [0.15, 0.2) is 88.1 Å². The number of carboxylic acids is 1. The number of imide groups is 1. The summed E-state index contributed by atoms with van der Waals surface area (Å²) in [6, 6.07) is 13.8. The zero-order valence-electron chi connectivity index (χ0n) is 20.1. The highest BCUT2D eigenvalue weighted by Crippen LogP contribution is 2.14. The maximum Gasteiger partial charge on any atom is 0.322 e. The lowest BCUT2D eigenvalue weighted by Gasteiger charge is -2.28. The lowest BCUT2D eigenvalue weighted by Crippen LogP contribution is -2.54. The van der Waals surface area contributed by atoms with Crippen molar-refractivity contribution in [3.8, 4) is 0 Å². The van der Waals surface area contributed by atoms with Gasteiger partial charge in [0.2, 0.25) is 11.8 Å². The third kappa shape index (κ3) is 8.48. The van der Waals surface area contributed by atoms with Gasteiger partial charge in [0.15, 0.2) is 0 Å². The van der Waals surface area contributed by atoms with Gasteiger partial charge in [-0.2, -0.15) is 0 Å². The van der Waals surface area contributed by atoms with Crippen LogP contribution in [0, 0.1) is 0 Å². The Kier molecular flexibility index (Phi) is 9.94. The molecule has 11 heteroatoms. The Hall–Kier alpha value is -5.19. The molecule has 2 heterocycles. The van der Waals surface area contributed by atoms with Crippen molar-refractivity contribution >= 4 is 41.8 Å². The van der Waals surface area contributed by atoms with Crippen molar-refractivity contribution in [1.82, 2.24) is 15.5 Å². The second-order valence-electron chi connectivity index (χ2n) is 7.84. The maximum absolute atomic E-state index is 13.3. The van der Waals surface area contributed by atoms with Gasteiger partial charge in [-0.15, -0.1) is 0 Å². The molecular weight excluding hydrogens is 494 g/mol. The van der Waals surface area contributed by atoms with E-state index in [0.717, 1.165) is 17.1 Å². The fraction of sp³-hybridized carbons (Fsp3) is 0.148. The van der Waals surface area contributed by atoms with Crippen LogP contribution in [-0.4, -0.2) is 58.7 Å². The Morgan fingerprint density at radius 3 is 1.87 bits per heavy atom. The summed E-state index contributed by atoms with van der Waals surface area (Å²) in [5.74, 6) is -3.69. The van der Waals surface area contributed by atoms with E-state index in [2.05, 4.69) is 10.6 Å². The van der Waals surface area contributed by atoms with E-state index in [1.165, 1.54) is 24.7 Å². The second-order valence-corrected chi connectivity index (χ2v) is 7.84. The van der Waals surface area contributed by atoms with Gasteiger partial charge in [-0.05, 0) is 42.0 Å². The Labute approximate surface area is 217 Å². The molecule has 1 atom stereocenters. The lowest BCUT2D eigenvalue weighted by atomic mass is 10.0. The van der Waals surface area contributed by atoms with Crippen LogP contribution in [0.1, 0.15) is 17.1 Å². The number of hydrogen-bond acceptors (Lipinski definition) is 7. The van der Waals surface area contributed by atoms with Gasteiger partial charge in [-0.1, -0.05) is 30.3 Å². The van der Waals surface area contributed by atoms with Crippen molar-refractivity contribution in [3.63, 3.8) is 0 Å². The van der Waals surface area contributed by atoms with Crippen molar-refractivity contribution in [1.29, 1.82) is 0 Å². The molecule has 0 aliphatic rings. The molecule has 3 rings (SSSR count). The van der Waals surface area contributed by atoms with E-state index in [1.54, 1.807) is 54.6 Å².